The van der Waals surface area contributed by atoms with E-state index in [1.165, 1.54) is 12.3 Å². The molecule has 5 nitrogen and oxygen atoms in total. The third-order valence-electron chi connectivity index (χ3n) is 5.51. The zero-order valence-electron chi connectivity index (χ0n) is 19.7. The number of halogens is 7. The third kappa shape index (κ3) is 7.11. The summed E-state index contributed by atoms with van der Waals surface area (Å²) >= 11 is 0. The Kier molecular flexibility index (Phi) is 7.99. The van der Waals surface area contributed by atoms with E-state index < -0.39 is 41.8 Å². The number of anilines is 1. The first-order valence-corrected chi connectivity index (χ1v) is 10.9. The number of aromatic nitrogens is 1. The van der Waals surface area contributed by atoms with Crippen molar-refractivity contribution in [3.8, 4) is 0 Å². The maximum absolute atomic E-state index is 14.6. The second kappa shape index (κ2) is 10.7. The topological polar surface area (TPSA) is 57.3 Å². The summed E-state index contributed by atoms with van der Waals surface area (Å²) in [5.41, 5.74) is -2.57. The number of pyridine rings is 1. The van der Waals surface area contributed by atoms with Gasteiger partial charge in [0.25, 0.3) is 0 Å². The van der Waals surface area contributed by atoms with Crippen molar-refractivity contribution in [2.75, 3.05) is 25.5 Å². The highest BCUT2D eigenvalue weighted by Crippen LogP contribution is 2.38. The number of hydrogen-bond donors (Lipinski definition) is 2. The maximum Gasteiger partial charge on any atom is 0.416 e. The molecule has 1 aromatic heterocycles. The molecule has 0 radical (unpaired) electrons. The van der Waals surface area contributed by atoms with Gasteiger partial charge in [-0.2, -0.15) is 26.3 Å². The van der Waals surface area contributed by atoms with Gasteiger partial charge < -0.3 is 15.5 Å². The predicted octanol–water partition coefficient (Wildman–Crippen LogP) is 5.65. The molecule has 1 atom stereocenters. The summed E-state index contributed by atoms with van der Waals surface area (Å²) in [5.74, 6) is -1.25. The SMILES string of the molecule is CN(C)c1ccc(C(Cc2ccccc2)(NC(=O)NCC(F)(F)F)c2cc(F)cc(C(F)(F)F)c2)nc1. The molecule has 0 saturated carbocycles. The molecule has 0 fully saturated rings. The van der Waals surface area contributed by atoms with Crippen LogP contribution >= 0.6 is 0 Å². The van der Waals surface area contributed by atoms with Crippen molar-refractivity contribution in [3.63, 3.8) is 0 Å². The molecule has 37 heavy (non-hydrogen) atoms. The van der Waals surface area contributed by atoms with Gasteiger partial charge >= 0.3 is 18.4 Å². The van der Waals surface area contributed by atoms with E-state index in [0.29, 0.717) is 23.4 Å². The summed E-state index contributed by atoms with van der Waals surface area (Å²) in [6.45, 7) is -1.69. The summed E-state index contributed by atoms with van der Waals surface area (Å²) in [5, 5.41) is 4.04. The van der Waals surface area contributed by atoms with Crippen molar-refractivity contribution >= 4 is 11.7 Å². The van der Waals surface area contributed by atoms with Gasteiger partial charge in [0.05, 0.1) is 23.1 Å². The van der Waals surface area contributed by atoms with E-state index >= 15 is 0 Å². The molecule has 3 aromatic rings. The molecule has 0 saturated heterocycles. The van der Waals surface area contributed by atoms with Crippen LogP contribution in [-0.4, -0.2) is 37.8 Å². The summed E-state index contributed by atoms with van der Waals surface area (Å²) in [6, 6.07) is 11.6. The molecule has 198 valence electrons. The average molecular weight is 528 g/mol. The van der Waals surface area contributed by atoms with Crippen LogP contribution in [0.15, 0.2) is 66.9 Å². The molecule has 1 heterocycles. The number of benzene rings is 2. The fourth-order valence-electron chi connectivity index (χ4n) is 3.74. The van der Waals surface area contributed by atoms with Crippen molar-refractivity contribution in [3.05, 3.63) is 95.1 Å². The van der Waals surface area contributed by atoms with Crippen molar-refractivity contribution in [2.45, 2.75) is 24.3 Å². The molecule has 0 aliphatic carbocycles. The predicted molar refractivity (Wildman–Crippen MR) is 123 cm³/mol. The minimum atomic E-state index is -4.93. The Labute approximate surface area is 208 Å². The van der Waals surface area contributed by atoms with Gasteiger partial charge in [-0.05, 0) is 41.5 Å². The lowest BCUT2D eigenvalue weighted by Crippen LogP contribution is -2.53. The number of carbonyl (C=O) groups is 1. The van der Waals surface area contributed by atoms with E-state index in [1.807, 2.05) is 0 Å². The van der Waals surface area contributed by atoms with E-state index in [4.69, 9.17) is 0 Å². The zero-order valence-corrected chi connectivity index (χ0v) is 19.7. The van der Waals surface area contributed by atoms with Crippen LogP contribution in [0, 0.1) is 5.82 Å². The van der Waals surface area contributed by atoms with Crippen LogP contribution < -0.4 is 15.5 Å². The van der Waals surface area contributed by atoms with Gasteiger partial charge in [-0.3, -0.25) is 4.98 Å². The molecule has 2 aromatic carbocycles. The highest BCUT2D eigenvalue weighted by Gasteiger charge is 2.41. The molecule has 0 spiro atoms. The number of nitrogens with zero attached hydrogens (tertiary/aromatic N) is 2. The first kappa shape index (κ1) is 27.8. The fraction of sp³-hybridized carbons (Fsp3) is 0.280. The monoisotopic (exact) mass is 528 g/mol. The average Bonchev–Trinajstić information content (AvgIpc) is 2.81. The Morgan fingerprint density at radius 2 is 1.57 bits per heavy atom. The van der Waals surface area contributed by atoms with Gasteiger partial charge in [0.2, 0.25) is 0 Å². The molecular weight excluding hydrogens is 505 g/mol. The Morgan fingerprint density at radius 3 is 2.11 bits per heavy atom. The lowest BCUT2D eigenvalue weighted by atomic mass is 9.79. The van der Waals surface area contributed by atoms with Crippen molar-refractivity contribution < 1.29 is 35.5 Å². The standard InChI is InChI=1S/C25H23F7N4O/c1-36(2)20-8-9-21(33-14-20)23(13-16-6-4-3-5-7-16,35-22(37)34-15-24(27,28)29)17-10-18(25(30,31)32)12-19(26)11-17/h3-12,14H,13,15H2,1-2H3,(H2,34,35,37). The molecule has 3 rings (SSSR count). The molecule has 12 heteroatoms. The van der Waals surface area contributed by atoms with Gasteiger partial charge in [-0.25, -0.2) is 9.18 Å². The van der Waals surface area contributed by atoms with Crippen LogP contribution in [0.1, 0.15) is 22.4 Å². The number of amides is 2. The van der Waals surface area contributed by atoms with Crippen LogP contribution in [-0.2, 0) is 18.1 Å². The number of hydrogen-bond acceptors (Lipinski definition) is 3. The van der Waals surface area contributed by atoms with Gasteiger partial charge in [0, 0.05) is 20.5 Å². The highest BCUT2D eigenvalue weighted by molar-refractivity contribution is 5.76. The summed E-state index contributed by atoms with van der Waals surface area (Å²) in [4.78, 5) is 18.7. The highest BCUT2D eigenvalue weighted by atomic mass is 19.4. The smallest absolute Gasteiger partial charge is 0.376 e. The second-order valence-corrected chi connectivity index (χ2v) is 8.51. The van der Waals surface area contributed by atoms with E-state index in [9.17, 15) is 35.5 Å². The van der Waals surface area contributed by atoms with Crippen LogP contribution in [0.25, 0.3) is 0 Å². The van der Waals surface area contributed by atoms with Crippen LogP contribution in [0.3, 0.4) is 0 Å². The van der Waals surface area contributed by atoms with Gasteiger partial charge in [-0.1, -0.05) is 30.3 Å². The Hall–Kier alpha value is -3.83. The zero-order chi connectivity index (χ0) is 27.4. The quantitative estimate of drug-likeness (QED) is 0.390. The first-order chi connectivity index (χ1) is 17.2. The molecule has 0 aliphatic rings. The molecule has 2 N–H and O–H groups in total. The fourth-order valence-corrected chi connectivity index (χ4v) is 3.74. The van der Waals surface area contributed by atoms with Crippen LogP contribution in [0.4, 0.5) is 41.2 Å². The lowest BCUT2D eigenvalue weighted by Gasteiger charge is -2.36. The maximum atomic E-state index is 14.6. The first-order valence-electron chi connectivity index (χ1n) is 10.9. The molecule has 2 amide bonds. The van der Waals surface area contributed by atoms with Gasteiger partial charge in [0.1, 0.15) is 17.9 Å². The minimum absolute atomic E-state index is 0.0113. The number of alkyl halides is 6. The molecular formula is C25H23F7N4O. The Balaban J connectivity index is 2.26. The van der Waals surface area contributed by atoms with Crippen LogP contribution in [0.5, 0.6) is 0 Å². The van der Waals surface area contributed by atoms with E-state index in [-0.39, 0.29) is 17.7 Å². The largest absolute Gasteiger partial charge is 0.416 e. The van der Waals surface area contributed by atoms with Crippen molar-refractivity contribution in [2.24, 2.45) is 0 Å². The number of urea groups is 1. The third-order valence-corrected chi connectivity index (χ3v) is 5.51. The second-order valence-electron chi connectivity index (χ2n) is 8.51. The van der Waals surface area contributed by atoms with Crippen LogP contribution in [0.2, 0.25) is 0 Å². The minimum Gasteiger partial charge on any atom is -0.376 e. The summed E-state index contributed by atoms with van der Waals surface area (Å²) in [6.07, 6.45) is -8.54. The molecule has 1 unspecified atom stereocenters. The lowest BCUT2D eigenvalue weighted by molar-refractivity contribution is -0.137. The number of carbonyl (C=O) groups excluding carboxylic acids is 1. The number of rotatable bonds is 7. The van der Waals surface area contributed by atoms with Gasteiger partial charge in [0.15, 0.2) is 0 Å². The Morgan fingerprint density at radius 1 is 0.919 bits per heavy atom. The van der Waals surface area contributed by atoms with Crippen molar-refractivity contribution in [1.82, 2.24) is 15.6 Å². The van der Waals surface area contributed by atoms with E-state index in [0.717, 1.165) is 6.07 Å². The van der Waals surface area contributed by atoms with Crippen molar-refractivity contribution in [1.29, 1.82) is 0 Å². The normalized spacial score (nSPS) is 13.5. The molecule has 0 aliphatic heterocycles. The number of nitrogens with one attached hydrogen (secondary N) is 2. The van der Waals surface area contributed by atoms with E-state index in [1.54, 1.807) is 60.7 Å². The summed E-state index contributed by atoms with van der Waals surface area (Å²) < 4.78 is 93.7. The Bertz CT molecular complexity index is 1210. The molecule has 0 bridgehead atoms. The van der Waals surface area contributed by atoms with Gasteiger partial charge in [-0.15, -0.1) is 0 Å². The summed E-state index contributed by atoms with van der Waals surface area (Å²) in [7, 11) is 3.44. The van der Waals surface area contributed by atoms with E-state index in [2.05, 4.69) is 10.3 Å².